The Morgan fingerprint density at radius 3 is 2.47 bits per heavy atom. The highest BCUT2D eigenvalue weighted by Crippen LogP contribution is 2.30. The highest BCUT2D eigenvalue weighted by Gasteiger charge is 2.30. The van der Waals surface area contributed by atoms with Crippen molar-refractivity contribution >= 4 is 10.9 Å². The molecule has 17 heavy (non-hydrogen) atoms. The molecule has 2 aromatic rings. The van der Waals surface area contributed by atoms with Crippen LogP contribution >= 0.6 is 0 Å². The summed E-state index contributed by atoms with van der Waals surface area (Å²) >= 11 is 0. The summed E-state index contributed by atoms with van der Waals surface area (Å²) in [7, 11) is 0. The summed E-state index contributed by atoms with van der Waals surface area (Å²) in [6, 6.07) is 6.05. The maximum Gasteiger partial charge on any atom is 0.416 e. The van der Waals surface area contributed by atoms with Crippen LogP contribution in [0.2, 0.25) is 0 Å². The molecule has 0 saturated carbocycles. The zero-order valence-corrected chi connectivity index (χ0v) is 8.88. The molecule has 0 amide bonds. The van der Waals surface area contributed by atoms with Gasteiger partial charge in [0.05, 0.1) is 11.1 Å². The third-order valence-corrected chi connectivity index (χ3v) is 2.43. The monoisotopic (exact) mass is 239 g/mol. The molecule has 0 aliphatic rings. The van der Waals surface area contributed by atoms with Crippen molar-refractivity contribution in [3.63, 3.8) is 0 Å². The van der Waals surface area contributed by atoms with Gasteiger partial charge in [0.1, 0.15) is 0 Å². The number of benzene rings is 1. The first-order valence-corrected chi connectivity index (χ1v) is 4.87. The van der Waals surface area contributed by atoms with Crippen molar-refractivity contribution in [1.82, 2.24) is 4.98 Å². The Morgan fingerprint density at radius 1 is 1.12 bits per heavy atom. The number of alkyl halides is 3. The molecule has 1 aromatic carbocycles. The van der Waals surface area contributed by atoms with E-state index >= 15 is 0 Å². The second-order valence-corrected chi connectivity index (χ2v) is 3.70. The van der Waals surface area contributed by atoms with Gasteiger partial charge in [-0.3, -0.25) is 4.79 Å². The minimum absolute atomic E-state index is 0.260. The van der Waals surface area contributed by atoms with Gasteiger partial charge >= 0.3 is 6.18 Å². The fraction of sp³-hybridized carbons (Fsp3) is 0.167. The van der Waals surface area contributed by atoms with Gasteiger partial charge in [-0.2, -0.15) is 13.2 Å². The fourth-order valence-electron chi connectivity index (χ4n) is 1.45. The van der Waals surface area contributed by atoms with Gasteiger partial charge in [0.2, 0.25) is 0 Å². The quantitative estimate of drug-likeness (QED) is 0.707. The first kappa shape index (κ1) is 11.6. The number of fused-ring (bicyclic) bond motifs is 1. The summed E-state index contributed by atoms with van der Waals surface area (Å²) in [5.41, 5.74) is -0.520. The lowest BCUT2D eigenvalue weighted by molar-refractivity contribution is -0.137. The van der Waals surface area contributed by atoms with E-state index in [1.54, 1.807) is 6.92 Å². The van der Waals surface area contributed by atoms with Crippen LogP contribution in [0.5, 0.6) is 0 Å². The minimum Gasteiger partial charge on any atom is -0.267 e. The van der Waals surface area contributed by atoms with Crippen molar-refractivity contribution in [3.8, 4) is 0 Å². The van der Waals surface area contributed by atoms with Gasteiger partial charge in [-0.25, -0.2) is 4.98 Å². The largest absolute Gasteiger partial charge is 0.416 e. The third kappa shape index (κ3) is 2.27. The molecular weight excluding hydrogens is 231 g/mol. The van der Waals surface area contributed by atoms with Gasteiger partial charge < -0.3 is 0 Å². The molecule has 0 saturated heterocycles. The number of aryl methyl sites for hydroxylation is 1. The standard InChI is InChI=1S/C12H8F3NO/c1-7-2-3-8-6-9(12(13,14)15)4-5-10(8)16-11(7)17/h2-6H,1H3. The lowest BCUT2D eigenvalue weighted by atomic mass is 10.1. The maximum atomic E-state index is 12.5. The number of hydrogen-bond donors (Lipinski definition) is 0. The van der Waals surface area contributed by atoms with Crippen LogP contribution in [0.1, 0.15) is 11.1 Å². The van der Waals surface area contributed by atoms with Crippen molar-refractivity contribution in [1.29, 1.82) is 0 Å². The topological polar surface area (TPSA) is 30.0 Å². The van der Waals surface area contributed by atoms with E-state index in [1.807, 2.05) is 0 Å². The third-order valence-electron chi connectivity index (χ3n) is 2.43. The van der Waals surface area contributed by atoms with Crippen LogP contribution < -0.4 is 5.56 Å². The average molecular weight is 239 g/mol. The highest BCUT2D eigenvalue weighted by atomic mass is 19.4. The lowest BCUT2D eigenvalue weighted by Crippen LogP contribution is -2.06. The molecule has 88 valence electrons. The Hall–Kier alpha value is -1.91. The van der Waals surface area contributed by atoms with Gasteiger partial charge in [0.15, 0.2) is 0 Å². The van der Waals surface area contributed by atoms with Crippen molar-refractivity contribution in [2.75, 3.05) is 0 Å². The van der Waals surface area contributed by atoms with Crippen LogP contribution in [-0.2, 0) is 6.18 Å². The first-order valence-electron chi connectivity index (χ1n) is 4.87. The molecule has 0 atom stereocenters. The smallest absolute Gasteiger partial charge is 0.267 e. The molecule has 0 aliphatic carbocycles. The number of nitrogens with zero attached hydrogens (tertiary/aromatic N) is 1. The number of rotatable bonds is 0. The second-order valence-electron chi connectivity index (χ2n) is 3.70. The normalized spacial score (nSPS) is 11.8. The van der Waals surface area contributed by atoms with Crippen molar-refractivity contribution in [3.05, 3.63) is 51.8 Å². The molecular formula is C12H8F3NO. The van der Waals surface area contributed by atoms with E-state index < -0.39 is 17.3 Å². The van der Waals surface area contributed by atoms with Gasteiger partial charge in [-0.05, 0) is 25.1 Å². The molecule has 0 unspecified atom stereocenters. The van der Waals surface area contributed by atoms with Crippen LogP contribution in [0, 0.1) is 6.92 Å². The first-order chi connectivity index (χ1) is 7.88. The van der Waals surface area contributed by atoms with Crippen molar-refractivity contribution in [2.45, 2.75) is 13.1 Å². The molecule has 2 nitrogen and oxygen atoms in total. The number of hydrogen-bond acceptors (Lipinski definition) is 2. The van der Waals surface area contributed by atoms with E-state index in [2.05, 4.69) is 4.98 Å². The summed E-state index contributed by atoms with van der Waals surface area (Å²) < 4.78 is 37.5. The number of halogens is 3. The Bertz CT molecular complexity index is 635. The molecule has 1 heterocycles. The molecule has 5 heteroatoms. The van der Waals surface area contributed by atoms with Crippen LogP contribution in [0.4, 0.5) is 13.2 Å². The van der Waals surface area contributed by atoms with Gasteiger partial charge in [-0.1, -0.05) is 12.1 Å². The average Bonchev–Trinajstić information content (AvgIpc) is 2.38. The molecule has 0 N–H and O–H groups in total. The SMILES string of the molecule is Cc1ccc2cc(C(F)(F)F)ccc2nc1=O. The van der Waals surface area contributed by atoms with E-state index in [0.29, 0.717) is 10.9 Å². The Labute approximate surface area is 94.7 Å². The maximum absolute atomic E-state index is 12.5. The molecule has 0 aliphatic heterocycles. The van der Waals surface area contributed by atoms with Crippen LogP contribution in [0.15, 0.2) is 35.1 Å². The summed E-state index contributed by atoms with van der Waals surface area (Å²) in [5, 5.41) is 0.296. The van der Waals surface area contributed by atoms with Crippen molar-refractivity contribution < 1.29 is 13.2 Å². The molecule has 0 fully saturated rings. The highest BCUT2D eigenvalue weighted by molar-refractivity contribution is 5.78. The van der Waals surface area contributed by atoms with E-state index in [9.17, 15) is 18.0 Å². The molecule has 0 bridgehead atoms. The lowest BCUT2D eigenvalue weighted by Gasteiger charge is -2.05. The minimum atomic E-state index is -4.39. The van der Waals surface area contributed by atoms with E-state index in [0.717, 1.165) is 12.1 Å². The molecule has 0 radical (unpaired) electrons. The predicted molar refractivity (Wildman–Crippen MR) is 57.8 cm³/mol. The van der Waals surface area contributed by atoms with Crippen LogP contribution in [-0.4, -0.2) is 4.98 Å². The second kappa shape index (κ2) is 3.84. The van der Waals surface area contributed by atoms with Crippen LogP contribution in [0.3, 0.4) is 0 Å². The van der Waals surface area contributed by atoms with E-state index in [4.69, 9.17) is 0 Å². The van der Waals surface area contributed by atoms with E-state index in [-0.39, 0.29) is 5.52 Å². The summed E-state index contributed by atoms with van der Waals surface area (Å²) in [6.45, 7) is 1.57. The zero-order chi connectivity index (χ0) is 12.6. The molecule has 0 spiro atoms. The predicted octanol–water partition coefficient (Wildman–Crippen LogP) is 2.92. The van der Waals surface area contributed by atoms with Gasteiger partial charge in [0.25, 0.3) is 5.56 Å². The summed E-state index contributed by atoms with van der Waals surface area (Å²) in [4.78, 5) is 15.1. The zero-order valence-electron chi connectivity index (χ0n) is 8.88. The molecule has 2 rings (SSSR count). The number of aromatic nitrogens is 1. The van der Waals surface area contributed by atoms with Gasteiger partial charge in [-0.15, -0.1) is 0 Å². The Kier molecular flexibility index (Phi) is 2.61. The fourth-order valence-corrected chi connectivity index (χ4v) is 1.45. The Morgan fingerprint density at radius 2 is 1.82 bits per heavy atom. The van der Waals surface area contributed by atoms with Crippen molar-refractivity contribution in [2.24, 2.45) is 0 Å². The Balaban J connectivity index is 2.77. The summed E-state index contributed by atoms with van der Waals surface area (Å²) in [6.07, 6.45) is -4.39. The van der Waals surface area contributed by atoms with E-state index in [1.165, 1.54) is 18.2 Å². The molecule has 1 aromatic heterocycles. The summed E-state index contributed by atoms with van der Waals surface area (Å²) in [5.74, 6) is 0. The van der Waals surface area contributed by atoms with Gasteiger partial charge in [0, 0.05) is 10.9 Å². The van der Waals surface area contributed by atoms with Crippen LogP contribution in [0.25, 0.3) is 10.9 Å².